The molecule has 0 rings (SSSR count). The molecule has 0 aliphatic heterocycles. The second-order valence-electron chi connectivity index (χ2n) is 12.9. The van der Waals surface area contributed by atoms with E-state index in [1.54, 1.807) is 62.3 Å². The largest absolute Gasteiger partial charge is 0.444 e. The molecule has 0 aliphatic carbocycles. The highest BCUT2D eigenvalue weighted by atomic mass is 16.6. The van der Waals surface area contributed by atoms with Gasteiger partial charge in [-0.05, 0) is 81.6 Å². The molecular formula is C28H56N4O9. The van der Waals surface area contributed by atoms with Gasteiger partial charge < -0.3 is 50.1 Å². The summed E-state index contributed by atoms with van der Waals surface area (Å²) in [6, 6.07) is 0. The Kier molecular flexibility index (Phi) is 17.9. The third-order valence-electron chi connectivity index (χ3n) is 4.57. The number of nitrogens with two attached hydrogens (primary N) is 1. The van der Waals surface area contributed by atoms with Crippen LogP contribution in [0.25, 0.3) is 0 Å². The zero-order valence-electron chi connectivity index (χ0n) is 26.7. The number of hydrogen-bond acceptors (Lipinski definition) is 10. The molecule has 0 aromatic carbocycles. The molecule has 41 heavy (non-hydrogen) atoms. The van der Waals surface area contributed by atoms with E-state index in [1.807, 2.05) is 0 Å². The van der Waals surface area contributed by atoms with Crippen molar-refractivity contribution in [3.05, 3.63) is 0 Å². The van der Waals surface area contributed by atoms with Gasteiger partial charge in [-0.3, -0.25) is 0 Å². The number of hydrogen-bond donors (Lipinski definition) is 4. The van der Waals surface area contributed by atoms with Crippen molar-refractivity contribution in [1.82, 2.24) is 16.0 Å². The van der Waals surface area contributed by atoms with Crippen molar-refractivity contribution in [3.63, 3.8) is 0 Å². The lowest BCUT2D eigenvalue weighted by molar-refractivity contribution is -0.0238. The summed E-state index contributed by atoms with van der Waals surface area (Å²) in [5.41, 5.74) is 3.96. The molecule has 0 bridgehead atoms. The number of carbonyl (C=O) groups excluding carboxylic acids is 3. The Labute approximate surface area is 246 Å². The number of nitrogens with one attached hydrogen (secondary N) is 3. The lowest BCUT2D eigenvalue weighted by Gasteiger charge is -2.29. The second-order valence-corrected chi connectivity index (χ2v) is 12.9. The van der Waals surface area contributed by atoms with E-state index in [0.717, 1.165) is 0 Å². The molecule has 0 atom stereocenters. The minimum absolute atomic E-state index is 0.172. The van der Waals surface area contributed by atoms with E-state index in [-0.39, 0.29) is 19.8 Å². The zero-order valence-corrected chi connectivity index (χ0v) is 26.7. The number of rotatable bonds is 18. The Morgan fingerprint density at radius 3 is 0.976 bits per heavy atom. The molecule has 0 aromatic rings. The van der Waals surface area contributed by atoms with Gasteiger partial charge in [-0.25, -0.2) is 14.4 Å². The minimum Gasteiger partial charge on any atom is -0.444 e. The molecule has 0 fully saturated rings. The van der Waals surface area contributed by atoms with Gasteiger partial charge >= 0.3 is 18.3 Å². The summed E-state index contributed by atoms with van der Waals surface area (Å²) in [7, 11) is 0. The maximum absolute atomic E-state index is 11.7. The van der Waals surface area contributed by atoms with Crippen molar-refractivity contribution in [1.29, 1.82) is 0 Å². The van der Waals surface area contributed by atoms with E-state index in [1.165, 1.54) is 0 Å². The molecule has 0 aromatic heterocycles. The molecule has 0 saturated carbocycles. The fourth-order valence-electron chi connectivity index (χ4n) is 2.99. The molecule has 0 heterocycles. The van der Waals surface area contributed by atoms with Crippen molar-refractivity contribution in [2.45, 2.75) is 104 Å². The molecule has 3 amide bonds. The van der Waals surface area contributed by atoms with Crippen LogP contribution in [0.4, 0.5) is 14.4 Å². The van der Waals surface area contributed by atoms with E-state index in [2.05, 4.69) is 16.0 Å². The highest BCUT2D eigenvalue weighted by molar-refractivity contribution is 5.68. The first-order chi connectivity index (χ1) is 18.8. The number of alkyl carbamates (subject to hydrolysis) is 3. The van der Waals surface area contributed by atoms with Gasteiger partial charge in [0.15, 0.2) is 0 Å². The molecule has 13 heteroatoms. The standard InChI is InChI=1S/C28H56N4O9/c1-25(2,3)39-22(33)30-13-10-16-36-19-28(29,20-37-17-11-14-31-23(34)40-26(4,5)6)21-38-18-12-15-32-24(35)41-27(7,8)9/h10-21,29H2,1-9H3,(H,30,33)(H,31,34)(H,32,35). The number of amides is 3. The summed E-state index contributed by atoms with van der Waals surface area (Å²) in [4.78, 5) is 35.2. The van der Waals surface area contributed by atoms with Crippen molar-refractivity contribution in [2.24, 2.45) is 5.73 Å². The van der Waals surface area contributed by atoms with Gasteiger partial charge in [0.05, 0.1) is 25.4 Å². The lowest BCUT2D eigenvalue weighted by atomic mass is 10.1. The first-order valence-electron chi connectivity index (χ1n) is 14.2. The van der Waals surface area contributed by atoms with E-state index in [9.17, 15) is 14.4 Å². The molecular weight excluding hydrogens is 536 g/mol. The summed E-state index contributed by atoms with van der Waals surface area (Å²) in [5, 5.41) is 8.06. The van der Waals surface area contributed by atoms with Gasteiger partial charge in [-0.2, -0.15) is 0 Å². The minimum atomic E-state index is -0.921. The Balaban J connectivity index is 4.49. The van der Waals surface area contributed by atoms with Crippen LogP contribution in [0.3, 0.4) is 0 Å². The molecule has 242 valence electrons. The van der Waals surface area contributed by atoms with Crippen LogP contribution < -0.4 is 21.7 Å². The summed E-state index contributed by atoms with van der Waals surface area (Å²) in [6.07, 6.45) is 0.288. The van der Waals surface area contributed by atoms with Crippen LogP contribution in [0, 0.1) is 0 Å². The molecule has 0 saturated heterocycles. The maximum atomic E-state index is 11.7. The van der Waals surface area contributed by atoms with Crippen molar-refractivity contribution < 1.29 is 42.8 Å². The van der Waals surface area contributed by atoms with Gasteiger partial charge in [0, 0.05) is 39.5 Å². The van der Waals surface area contributed by atoms with Crippen LogP contribution >= 0.6 is 0 Å². The van der Waals surface area contributed by atoms with Gasteiger partial charge in [0.25, 0.3) is 0 Å². The predicted molar refractivity (Wildman–Crippen MR) is 156 cm³/mol. The Hall–Kier alpha value is -2.35. The first kappa shape index (κ1) is 38.6. The Bertz CT molecular complexity index is 661. The third kappa shape index (κ3) is 26.3. The predicted octanol–water partition coefficient (Wildman–Crippen LogP) is 3.48. The molecule has 0 radical (unpaired) electrons. The average Bonchev–Trinajstić information content (AvgIpc) is 2.77. The number of carbonyl (C=O) groups is 3. The smallest absolute Gasteiger partial charge is 0.407 e. The van der Waals surface area contributed by atoms with Crippen LogP contribution in [-0.4, -0.2) is 99.9 Å². The van der Waals surface area contributed by atoms with E-state index in [4.69, 9.17) is 34.2 Å². The van der Waals surface area contributed by atoms with Crippen molar-refractivity contribution >= 4 is 18.3 Å². The third-order valence-corrected chi connectivity index (χ3v) is 4.57. The highest BCUT2D eigenvalue weighted by Gasteiger charge is 2.27. The molecule has 0 unspecified atom stereocenters. The summed E-state index contributed by atoms with van der Waals surface area (Å²) < 4.78 is 32.9. The summed E-state index contributed by atoms with van der Waals surface area (Å²) in [6.45, 7) is 19.0. The number of ether oxygens (including phenoxy) is 6. The van der Waals surface area contributed by atoms with Crippen LogP contribution in [0.1, 0.15) is 81.6 Å². The van der Waals surface area contributed by atoms with Crippen LogP contribution in [-0.2, 0) is 28.4 Å². The molecule has 13 nitrogen and oxygen atoms in total. The Morgan fingerprint density at radius 2 is 0.756 bits per heavy atom. The van der Waals surface area contributed by atoms with Crippen LogP contribution in [0.15, 0.2) is 0 Å². The Morgan fingerprint density at radius 1 is 0.512 bits per heavy atom. The van der Waals surface area contributed by atoms with Gasteiger partial charge in [0.2, 0.25) is 0 Å². The fourth-order valence-corrected chi connectivity index (χ4v) is 2.99. The average molecular weight is 593 g/mol. The molecule has 0 spiro atoms. The monoisotopic (exact) mass is 592 g/mol. The normalized spacial score (nSPS) is 12.4. The first-order valence-corrected chi connectivity index (χ1v) is 14.2. The summed E-state index contributed by atoms with van der Waals surface area (Å²) >= 11 is 0. The molecule has 0 aliphatic rings. The van der Waals surface area contributed by atoms with Crippen LogP contribution in [0.2, 0.25) is 0 Å². The zero-order chi connectivity index (χ0) is 31.6. The lowest BCUT2D eigenvalue weighted by Crippen LogP contribution is -2.53. The molecule has 5 N–H and O–H groups in total. The van der Waals surface area contributed by atoms with Crippen molar-refractivity contribution in [2.75, 3.05) is 59.3 Å². The van der Waals surface area contributed by atoms with Crippen molar-refractivity contribution in [3.8, 4) is 0 Å². The second kappa shape index (κ2) is 19.0. The quantitative estimate of drug-likeness (QED) is 0.137. The van der Waals surface area contributed by atoms with Gasteiger partial charge in [0.1, 0.15) is 16.8 Å². The van der Waals surface area contributed by atoms with E-state index >= 15 is 0 Å². The highest BCUT2D eigenvalue weighted by Crippen LogP contribution is 2.09. The SMILES string of the molecule is CC(C)(C)OC(=O)NCCCOCC(N)(COCCCNC(=O)OC(C)(C)C)COCCCNC(=O)OC(C)(C)C. The fraction of sp³-hybridized carbons (Fsp3) is 0.893. The van der Waals surface area contributed by atoms with Gasteiger partial charge in [-0.15, -0.1) is 0 Å². The van der Waals surface area contributed by atoms with Gasteiger partial charge in [-0.1, -0.05) is 0 Å². The van der Waals surface area contributed by atoms with E-state index < -0.39 is 40.6 Å². The topological polar surface area (TPSA) is 169 Å². The van der Waals surface area contributed by atoms with E-state index in [0.29, 0.717) is 58.7 Å². The summed E-state index contributed by atoms with van der Waals surface area (Å²) in [5.74, 6) is 0. The van der Waals surface area contributed by atoms with Crippen LogP contribution in [0.5, 0.6) is 0 Å². The maximum Gasteiger partial charge on any atom is 0.407 e.